The van der Waals surface area contributed by atoms with Gasteiger partial charge in [-0.1, -0.05) is 0 Å². The van der Waals surface area contributed by atoms with Crippen LogP contribution in [0.3, 0.4) is 0 Å². The monoisotopic (exact) mass is 206 g/mol. The second kappa shape index (κ2) is 4.68. The number of hydrogen-bond acceptors (Lipinski definition) is 4. The molecule has 1 aliphatic rings. The lowest BCUT2D eigenvalue weighted by Gasteiger charge is -2.30. The molecule has 0 aromatic carbocycles. The van der Waals surface area contributed by atoms with Gasteiger partial charge in [-0.25, -0.2) is 9.97 Å². The molecule has 0 bridgehead atoms. The van der Waals surface area contributed by atoms with E-state index < -0.39 is 0 Å². The molecule has 15 heavy (non-hydrogen) atoms. The van der Waals surface area contributed by atoms with Crippen molar-refractivity contribution in [2.45, 2.75) is 32.4 Å². The molecule has 1 atom stereocenters. The first kappa shape index (κ1) is 10.5. The van der Waals surface area contributed by atoms with Gasteiger partial charge in [-0.05, 0) is 32.4 Å². The van der Waals surface area contributed by atoms with Gasteiger partial charge < -0.3 is 5.73 Å². The van der Waals surface area contributed by atoms with E-state index in [2.05, 4.69) is 14.9 Å². The van der Waals surface area contributed by atoms with Gasteiger partial charge in [-0.2, -0.15) is 0 Å². The normalized spacial score (nSPS) is 22.9. The summed E-state index contributed by atoms with van der Waals surface area (Å²) in [5.74, 6) is 0.841. The molecule has 2 heterocycles. The number of nitrogens with two attached hydrogens (primary N) is 1. The van der Waals surface area contributed by atoms with Crippen molar-refractivity contribution in [2.24, 2.45) is 5.73 Å². The van der Waals surface area contributed by atoms with Crippen molar-refractivity contribution in [1.82, 2.24) is 14.9 Å². The molecule has 0 aliphatic carbocycles. The molecule has 1 aromatic rings. The van der Waals surface area contributed by atoms with Crippen molar-refractivity contribution in [3.63, 3.8) is 0 Å². The zero-order valence-corrected chi connectivity index (χ0v) is 9.19. The van der Waals surface area contributed by atoms with Gasteiger partial charge in [-0.3, -0.25) is 4.90 Å². The van der Waals surface area contributed by atoms with E-state index in [0.29, 0.717) is 6.04 Å². The zero-order chi connectivity index (χ0) is 10.7. The smallest absolute Gasteiger partial charge is 0.125 e. The highest BCUT2D eigenvalue weighted by Gasteiger charge is 2.16. The minimum absolute atomic E-state index is 0.335. The van der Waals surface area contributed by atoms with Crippen LogP contribution in [0, 0.1) is 6.92 Å². The maximum Gasteiger partial charge on any atom is 0.125 e. The topological polar surface area (TPSA) is 55.0 Å². The summed E-state index contributed by atoms with van der Waals surface area (Å²) in [6.45, 7) is 4.95. The lowest BCUT2D eigenvalue weighted by atomic mass is 10.1. The maximum absolute atomic E-state index is 5.93. The van der Waals surface area contributed by atoms with E-state index in [-0.39, 0.29) is 0 Å². The van der Waals surface area contributed by atoms with Gasteiger partial charge in [-0.15, -0.1) is 0 Å². The SMILES string of the molecule is Cc1nccc(CN2CCCC(N)C2)n1. The fraction of sp³-hybridized carbons (Fsp3) is 0.636. The summed E-state index contributed by atoms with van der Waals surface area (Å²) in [5.41, 5.74) is 7.03. The molecule has 2 N–H and O–H groups in total. The van der Waals surface area contributed by atoms with Crippen LogP contribution in [0.1, 0.15) is 24.4 Å². The maximum atomic E-state index is 5.93. The number of likely N-dealkylation sites (tertiary alicyclic amines) is 1. The predicted molar refractivity (Wildman–Crippen MR) is 59.3 cm³/mol. The van der Waals surface area contributed by atoms with E-state index in [1.54, 1.807) is 0 Å². The number of piperidine rings is 1. The Morgan fingerprint density at radius 3 is 3.20 bits per heavy atom. The van der Waals surface area contributed by atoms with E-state index in [1.165, 1.54) is 6.42 Å². The minimum Gasteiger partial charge on any atom is -0.327 e. The molecule has 2 rings (SSSR count). The number of hydrogen-bond donors (Lipinski definition) is 1. The first-order valence-electron chi connectivity index (χ1n) is 5.50. The molecular formula is C11H18N4. The third kappa shape index (κ3) is 2.97. The van der Waals surface area contributed by atoms with Crippen LogP contribution in [0.15, 0.2) is 12.3 Å². The number of rotatable bonds is 2. The molecule has 0 saturated carbocycles. The van der Waals surface area contributed by atoms with Gasteiger partial charge in [0.25, 0.3) is 0 Å². The molecule has 1 aromatic heterocycles. The second-order valence-electron chi connectivity index (χ2n) is 4.23. The van der Waals surface area contributed by atoms with Gasteiger partial charge in [0, 0.05) is 25.3 Å². The molecule has 0 spiro atoms. The molecule has 4 heteroatoms. The Balaban J connectivity index is 1.96. The fourth-order valence-electron chi connectivity index (χ4n) is 2.06. The molecular weight excluding hydrogens is 188 g/mol. The number of nitrogens with zero attached hydrogens (tertiary/aromatic N) is 3. The van der Waals surface area contributed by atoms with Gasteiger partial charge >= 0.3 is 0 Å². The largest absolute Gasteiger partial charge is 0.327 e. The molecule has 1 unspecified atom stereocenters. The molecule has 0 radical (unpaired) electrons. The Morgan fingerprint density at radius 2 is 2.47 bits per heavy atom. The molecule has 0 amide bonds. The third-order valence-corrected chi connectivity index (χ3v) is 2.76. The van der Waals surface area contributed by atoms with Crippen LogP contribution in [0.2, 0.25) is 0 Å². The number of aromatic nitrogens is 2. The average molecular weight is 206 g/mol. The Kier molecular flexibility index (Phi) is 3.28. The predicted octanol–water partition coefficient (Wildman–Crippen LogP) is 0.708. The lowest BCUT2D eigenvalue weighted by Crippen LogP contribution is -2.42. The van der Waals surface area contributed by atoms with E-state index in [9.17, 15) is 0 Å². The second-order valence-corrected chi connectivity index (χ2v) is 4.23. The van der Waals surface area contributed by atoms with Gasteiger partial charge in [0.05, 0.1) is 5.69 Å². The summed E-state index contributed by atoms with van der Waals surface area (Å²) in [4.78, 5) is 10.9. The van der Waals surface area contributed by atoms with Crippen molar-refractivity contribution in [3.8, 4) is 0 Å². The van der Waals surface area contributed by atoms with E-state index in [4.69, 9.17) is 5.73 Å². The Morgan fingerprint density at radius 1 is 1.60 bits per heavy atom. The highest BCUT2D eigenvalue weighted by molar-refractivity contribution is 5.01. The Bertz CT molecular complexity index is 326. The summed E-state index contributed by atoms with van der Waals surface area (Å²) in [5, 5.41) is 0. The van der Waals surface area contributed by atoms with Crippen LogP contribution in [0.25, 0.3) is 0 Å². The van der Waals surface area contributed by atoms with Gasteiger partial charge in [0.15, 0.2) is 0 Å². The summed E-state index contributed by atoms with van der Waals surface area (Å²) >= 11 is 0. The summed E-state index contributed by atoms with van der Waals surface area (Å²) in [6, 6.07) is 2.31. The van der Waals surface area contributed by atoms with Crippen molar-refractivity contribution in [1.29, 1.82) is 0 Å². The molecule has 82 valence electrons. The summed E-state index contributed by atoms with van der Waals surface area (Å²) in [6.07, 6.45) is 4.17. The van der Waals surface area contributed by atoms with E-state index in [0.717, 1.165) is 37.6 Å². The van der Waals surface area contributed by atoms with Crippen molar-refractivity contribution >= 4 is 0 Å². The molecule has 1 saturated heterocycles. The standard InChI is InChI=1S/C11H18N4/c1-9-13-5-4-11(14-9)8-15-6-2-3-10(12)7-15/h4-5,10H,2-3,6-8,12H2,1H3. The average Bonchev–Trinajstić information content (AvgIpc) is 2.17. The Hall–Kier alpha value is -1.00. The Labute approximate surface area is 90.5 Å². The molecule has 4 nitrogen and oxygen atoms in total. The van der Waals surface area contributed by atoms with Crippen molar-refractivity contribution < 1.29 is 0 Å². The van der Waals surface area contributed by atoms with Crippen LogP contribution >= 0.6 is 0 Å². The number of aryl methyl sites for hydroxylation is 1. The van der Waals surface area contributed by atoms with Crippen molar-refractivity contribution in [2.75, 3.05) is 13.1 Å². The quantitative estimate of drug-likeness (QED) is 0.774. The zero-order valence-electron chi connectivity index (χ0n) is 9.19. The fourth-order valence-corrected chi connectivity index (χ4v) is 2.06. The summed E-state index contributed by atoms with van der Waals surface area (Å²) in [7, 11) is 0. The highest BCUT2D eigenvalue weighted by atomic mass is 15.2. The van der Waals surface area contributed by atoms with Gasteiger partial charge in [0.1, 0.15) is 5.82 Å². The van der Waals surface area contributed by atoms with Crippen LogP contribution < -0.4 is 5.73 Å². The highest BCUT2D eigenvalue weighted by Crippen LogP contribution is 2.11. The summed E-state index contributed by atoms with van der Waals surface area (Å²) < 4.78 is 0. The van der Waals surface area contributed by atoms with E-state index >= 15 is 0 Å². The van der Waals surface area contributed by atoms with E-state index in [1.807, 2.05) is 19.2 Å². The first-order chi connectivity index (χ1) is 7.24. The molecule has 1 fully saturated rings. The van der Waals surface area contributed by atoms with Crippen LogP contribution in [-0.4, -0.2) is 34.0 Å². The van der Waals surface area contributed by atoms with Crippen LogP contribution in [0.5, 0.6) is 0 Å². The third-order valence-electron chi connectivity index (χ3n) is 2.76. The molecule has 1 aliphatic heterocycles. The van der Waals surface area contributed by atoms with Gasteiger partial charge in [0.2, 0.25) is 0 Å². The van der Waals surface area contributed by atoms with Crippen LogP contribution in [0.4, 0.5) is 0 Å². The lowest BCUT2D eigenvalue weighted by molar-refractivity contribution is 0.199. The van der Waals surface area contributed by atoms with Crippen molar-refractivity contribution in [3.05, 3.63) is 23.8 Å². The van der Waals surface area contributed by atoms with Crippen LogP contribution in [-0.2, 0) is 6.54 Å². The first-order valence-corrected chi connectivity index (χ1v) is 5.50. The minimum atomic E-state index is 0.335.